The van der Waals surface area contributed by atoms with Crippen molar-refractivity contribution in [3.8, 4) is 11.5 Å². The molecule has 0 aliphatic carbocycles. The van der Waals surface area contributed by atoms with Crippen molar-refractivity contribution in [3.63, 3.8) is 0 Å². The Morgan fingerprint density at radius 1 is 1.23 bits per heavy atom. The van der Waals surface area contributed by atoms with Crippen LogP contribution >= 0.6 is 11.6 Å². The number of hydrogen-bond donors (Lipinski definition) is 3. The number of fused-ring (bicyclic) bond motifs is 1. The number of nitrogens with zero attached hydrogens (tertiary/aromatic N) is 1. The van der Waals surface area contributed by atoms with Crippen LogP contribution in [0.4, 0.5) is 8.78 Å². The number of rotatable bonds is 7. The average molecular weight is 453 g/mol. The monoisotopic (exact) mass is 452 g/mol. The van der Waals surface area contributed by atoms with Crippen molar-refractivity contribution in [1.82, 2.24) is 9.88 Å². The maximum Gasteiger partial charge on any atom is 0.387 e. The first-order chi connectivity index (χ1) is 14.7. The van der Waals surface area contributed by atoms with Crippen LogP contribution in [-0.2, 0) is 11.2 Å². The van der Waals surface area contributed by atoms with Gasteiger partial charge in [-0.1, -0.05) is 11.6 Å². The number of alkyl halides is 2. The predicted molar refractivity (Wildman–Crippen MR) is 110 cm³/mol. The zero-order valence-corrected chi connectivity index (χ0v) is 17.1. The molecule has 1 heterocycles. The third-order valence-electron chi connectivity index (χ3n) is 4.70. The minimum atomic E-state index is -2.98. The zero-order chi connectivity index (χ0) is 22.7. The van der Waals surface area contributed by atoms with Gasteiger partial charge >= 0.3 is 6.61 Å². The summed E-state index contributed by atoms with van der Waals surface area (Å²) in [4.78, 5) is 25.4. The van der Waals surface area contributed by atoms with Gasteiger partial charge in [-0.15, -0.1) is 0 Å². The molecule has 0 aliphatic rings. The molecule has 3 rings (SSSR count). The summed E-state index contributed by atoms with van der Waals surface area (Å²) in [6.07, 6.45) is -0.0924. The van der Waals surface area contributed by atoms with Crippen LogP contribution in [0.3, 0.4) is 0 Å². The largest absolute Gasteiger partial charge is 0.506 e. The van der Waals surface area contributed by atoms with Gasteiger partial charge in [0.1, 0.15) is 11.5 Å². The number of nitrogens with one attached hydrogen (secondary N) is 1. The summed E-state index contributed by atoms with van der Waals surface area (Å²) in [5, 5.41) is 22.0. The fourth-order valence-corrected chi connectivity index (χ4v) is 3.46. The Hall–Kier alpha value is -3.17. The van der Waals surface area contributed by atoms with Crippen LogP contribution in [0.15, 0.2) is 36.4 Å². The number of amides is 1. The molecule has 1 aromatic heterocycles. The SMILES string of the molecule is Cc1c(CC(=O)NCCO)c2cc(O)c(Cl)cc2n1C(=O)c1ccc(OC(F)F)cc1. The van der Waals surface area contributed by atoms with Crippen molar-refractivity contribution >= 4 is 34.3 Å². The number of ether oxygens (including phenoxy) is 1. The van der Waals surface area contributed by atoms with Crippen LogP contribution in [0, 0.1) is 6.92 Å². The Balaban J connectivity index is 2.06. The highest BCUT2D eigenvalue weighted by molar-refractivity contribution is 6.33. The summed E-state index contributed by atoms with van der Waals surface area (Å²) >= 11 is 6.05. The molecule has 0 aliphatic heterocycles. The molecule has 0 fully saturated rings. The van der Waals surface area contributed by atoms with E-state index in [9.17, 15) is 23.5 Å². The summed E-state index contributed by atoms with van der Waals surface area (Å²) in [7, 11) is 0. The standard InChI is InChI=1S/C21H19ClF2N2O5/c1-11-14(9-19(29)25-6-7-27)15-8-18(28)16(22)10-17(15)26(11)20(30)12-2-4-13(5-3-12)31-21(23)24/h2-5,8,10,21,27-28H,6-7,9H2,1H3,(H,25,29). The zero-order valence-electron chi connectivity index (χ0n) is 16.4. The van der Waals surface area contributed by atoms with E-state index in [0.29, 0.717) is 22.2 Å². The maximum atomic E-state index is 13.2. The number of carbonyl (C=O) groups is 2. The minimum absolute atomic E-state index is 0.0241. The molecule has 3 aromatic rings. The lowest BCUT2D eigenvalue weighted by Crippen LogP contribution is -2.28. The van der Waals surface area contributed by atoms with E-state index in [0.717, 1.165) is 0 Å². The molecule has 3 N–H and O–H groups in total. The third-order valence-corrected chi connectivity index (χ3v) is 5.01. The smallest absolute Gasteiger partial charge is 0.387 e. The minimum Gasteiger partial charge on any atom is -0.506 e. The van der Waals surface area contributed by atoms with E-state index < -0.39 is 12.5 Å². The van der Waals surface area contributed by atoms with Crippen LogP contribution < -0.4 is 10.1 Å². The quantitative estimate of drug-likeness (QED) is 0.511. The highest BCUT2D eigenvalue weighted by Crippen LogP contribution is 2.35. The lowest BCUT2D eigenvalue weighted by molar-refractivity contribution is -0.120. The van der Waals surface area contributed by atoms with Gasteiger partial charge in [-0.2, -0.15) is 8.78 Å². The van der Waals surface area contributed by atoms with Crippen LogP contribution in [0.1, 0.15) is 21.6 Å². The Morgan fingerprint density at radius 2 is 1.90 bits per heavy atom. The summed E-state index contributed by atoms with van der Waals surface area (Å²) in [5.74, 6) is -1.14. The van der Waals surface area contributed by atoms with Crippen molar-refractivity contribution in [2.24, 2.45) is 0 Å². The second kappa shape index (κ2) is 9.32. The molecular weight excluding hydrogens is 434 g/mol. The van der Waals surface area contributed by atoms with Crippen LogP contribution in [0.5, 0.6) is 11.5 Å². The molecule has 10 heteroatoms. The lowest BCUT2D eigenvalue weighted by Gasteiger charge is -2.09. The van der Waals surface area contributed by atoms with Gasteiger partial charge < -0.3 is 20.3 Å². The number of benzene rings is 2. The number of halogens is 3. The van der Waals surface area contributed by atoms with Gasteiger partial charge in [0.15, 0.2) is 0 Å². The van der Waals surface area contributed by atoms with Crippen molar-refractivity contribution in [2.75, 3.05) is 13.2 Å². The second-order valence-corrected chi connectivity index (χ2v) is 7.09. The highest BCUT2D eigenvalue weighted by Gasteiger charge is 2.23. The molecule has 0 saturated heterocycles. The molecular formula is C21H19ClF2N2O5. The van der Waals surface area contributed by atoms with E-state index in [1.807, 2.05) is 0 Å². The maximum absolute atomic E-state index is 13.2. The third kappa shape index (κ3) is 4.78. The van der Waals surface area contributed by atoms with Gasteiger partial charge in [-0.05, 0) is 48.9 Å². The number of aliphatic hydroxyl groups is 1. The van der Waals surface area contributed by atoms with Gasteiger partial charge in [0.05, 0.1) is 23.6 Å². The average Bonchev–Trinajstić information content (AvgIpc) is 2.97. The van der Waals surface area contributed by atoms with Crippen LogP contribution in [0.25, 0.3) is 10.9 Å². The Morgan fingerprint density at radius 3 is 2.52 bits per heavy atom. The van der Waals surface area contributed by atoms with E-state index in [1.54, 1.807) is 6.92 Å². The van der Waals surface area contributed by atoms with E-state index >= 15 is 0 Å². The lowest BCUT2D eigenvalue weighted by atomic mass is 10.1. The van der Waals surface area contributed by atoms with Gasteiger partial charge in [-0.3, -0.25) is 14.2 Å². The summed E-state index contributed by atoms with van der Waals surface area (Å²) < 4.78 is 30.4. The number of aromatic nitrogens is 1. The summed E-state index contributed by atoms with van der Waals surface area (Å²) in [6.45, 7) is -1.47. The first-order valence-electron chi connectivity index (χ1n) is 9.22. The fraction of sp³-hybridized carbons (Fsp3) is 0.238. The molecule has 0 atom stereocenters. The number of phenols is 1. The Labute approximate surface area is 180 Å². The van der Waals surface area contributed by atoms with Gasteiger partial charge in [0.2, 0.25) is 5.91 Å². The number of carbonyl (C=O) groups excluding carboxylic acids is 2. The molecule has 7 nitrogen and oxygen atoms in total. The number of hydrogen-bond acceptors (Lipinski definition) is 5. The molecule has 0 saturated carbocycles. The number of phenolic OH excluding ortho intramolecular Hbond substituents is 1. The van der Waals surface area contributed by atoms with Crippen molar-refractivity contribution in [2.45, 2.75) is 20.0 Å². The van der Waals surface area contributed by atoms with E-state index in [1.165, 1.54) is 41.0 Å². The van der Waals surface area contributed by atoms with Crippen molar-refractivity contribution in [3.05, 3.63) is 58.2 Å². The molecule has 31 heavy (non-hydrogen) atoms. The van der Waals surface area contributed by atoms with Crippen LogP contribution in [0.2, 0.25) is 5.02 Å². The van der Waals surface area contributed by atoms with Crippen LogP contribution in [-0.4, -0.2) is 46.4 Å². The van der Waals surface area contributed by atoms with E-state index in [4.69, 9.17) is 16.7 Å². The normalized spacial score (nSPS) is 11.2. The molecule has 1 amide bonds. The molecule has 164 valence electrons. The van der Waals surface area contributed by atoms with E-state index in [-0.39, 0.29) is 47.6 Å². The predicted octanol–water partition coefficient (Wildman–Crippen LogP) is 3.25. The van der Waals surface area contributed by atoms with Gasteiger partial charge in [-0.25, -0.2) is 0 Å². The summed E-state index contributed by atoms with van der Waals surface area (Å²) in [6, 6.07) is 8.00. The van der Waals surface area contributed by atoms with Gasteiger partial charge in [0.25, 0.3) is 5.91 Å². The van der Waals surface area contributed by atoms with Crippen molar-refractivity contribution < 1.29 is 33.3 Å². The van der Waals surface area contributed by atoms with E-state index in [2.05, 4.69) is 10.1 Å². The molecule has 0 bridgehead atoms. The topological polar surface area (TPSA) is 101 Å². The second-order valence-electron chi connectivity index (χ2n) is 6.68. The molecule has 0 unspecified atom stereocenters. The fourth-order valence-electron chi connectivity index (χ4n) is 3.30. The highest BCUT2D eigenvalue weighted by atomic mass is 35.5. The number of aliphatic hydroxyl groups excluding tert-OH is 1. The first kappa shape index (κ1) is 22.5. The Kier molecular flexibility index (Phi) is 6.77. The molecule has 2 aromatic carbocycles. The molecule has 0 radical (unpaired) electrons. The van der Waals surface area contributed by atoms with Gasteiger partial charge in [0, 0.05) is 23.2 Å². The number of aromatic hydroxyl groups is 1. The first-order valence-corrected chi connectivity index (χ1v) is 9.60. The Bertz CT molecular complexity index is 1130. The molecule has 0 spiro atoms. The summed E-state index contributed by atoms with van der Waals surface area (Å²) in [5.41, 5.74) is 1.53. The van der Waals surface area contributed by atoms with Crippen molar-refractivity contribution in [1.29, 1.82) is 0 Å².